The van der Waals surface area contributed by atoms with Gasteiger partial charge < -0.3 is 16.0 Å². The smallest absolute Gasteiger partial charge is 0.255 e. The Morgan fingerprint density at radius 1 is 1.15 bits per heavy atom. The Hall–Kier alpha value is -4.29. The molecule has 1 atom stereocenters. The van der Waals surface area contributed by atoms with E-state index in [1.54, 1.807) is 18.3 Å². The van der Waals surface area contributed by atoms with Crippen LogP contribution < -0.4 is 17.0 Å². The zero-order valence-corrected chi connectivity index (χ0v) is 17.5. The van der Waals surface area contributed by atoms with E-state index >= 15 is 0 Å². The molecule has 4 rings (SSSR count). The van der Waals surface area contributed by atoms with Gasteiger partial charge in [0.15, 0.2) is 0 Å². The highest BCUT2D eigenvalue weighted by molar-refractivity contribution is 5.97. The van der Waals surface area contributed by atoms with E-state index in [-0.39, 0.29) is 23.1 Å². The Kier molecular flexibility index (Phi) is 5.54. The van der Waals surface area contributed by atoms with Gasteiger partial charge in [0.1, 0.15) is 11.6 Å². The quantitative estimate of drug-likeness (QED) is 0.467. The molecule has 0 saturated heterocycles. The van der Waals surface area contributed by atoms with E-state index < -0.39 is 28.6 Å². The minimum Gasteiger partial charge on any atom is -0.366 e. The molecular weight excluding hydrogens is 428 g/mol. The van der Waals surface area contributed by atoms with E-state index in [9.17, 15) is 18.4 Å². The Bertz CT molecular complexity index is 1510. The molecule has 0 aliphatic rings. The van der Waals surface area contributed by atoms with Crippen molar-refractivity contribution in [2.24, 2.45) is 18.5 Å². The molecule has 9 heteroatoms. The molecule has 0 bridgehead atoms. The molecule has 1 unspecified atom stereocenters. The number of hydrogen-bond donors (Lipinski definition) is 2. The molecule has 0 saturated carbocycles. The summed E-state index contributed by atoms with van der Waals surface area (Å²) in [6.45, 7) is 0. The predicted molar refractivity (Wildman–Crippen MR) is 118 cm³/mol. The average Bonchev–Trinajstić information content (AvgIpc) is 3.26. The Labute approximate surface area is 187 Å². The van der Waals surface area contributed by atoms with Crippen LogP contribution in [0.1, 0.15) is 33.5 Å². The second-order valence-corrected chi connectivity index (χ2v) is 7.54. The standard InChI is InChI=1S/C24H19F2N5O2/c1-30-12-3-5-18(23(30)33)24(28,19-14-15(25)6-7-20(19)26)10-2-4-16-17(22(27)32)9-13-31-21(16)8-11-29-31/h3,5-9,11-14H,10,28H2,1H3,(H2,27,32). The molecule has 1 amide bonds. The van der Waals surface area contributed by atoms with Crippen molar-refractivity contribution >= 4 is 11.4 Å². The first kappa shape index (κ1) is 21.9. The van der Waals surface area contributed by atoms with Crippen molar-refractivity contribution in [1.82, 2.24) is 14.2 Å². The predicted octanol–water partition coefficient (Wildman–Crippen LogP) is 2.05. The summed E-state index contributed by atoms with van der Waals surface area (Å²) in [6.07, 6.45) is 4.39. The molecule has 3 aromatic heterocycles. The lowest BCUT2D eigenvalue weighted by Gasteiger charge is -2.28. The van der Waals surface area contributed by atoms with Gasteiger partial charge in [0, 0.05) is 37.0 Å². The fourth-order valence-corrected chi connectivity index (χ4v) is 3.72. The van der Waals surface area contributed by atoms with Crippen molar-refractivity contribution < 1.29 is 13.6 Å². The van der Waals surface area contributed by atoms with Crippen LogP contribution in [0.15, 0.2) is 65.8 Å². The number of carbonyl (C=O) groups excluding carboxylic acids is 1. The second-order valence-electron chi connectivity index (χ2n) is 7.54. The van der Waals surface area contributed by atoms with Crippen molar-refractivity contribution in [2.75, 3.05) is 0 Å². The third-order valence-corrected chi connectivity index (χ3v) is 5.44. The molecule has 0 aliphatic heterocycles. The second kappa shape index (κ2) is 8.33. The zero-order valence-electron chi connectivity index (χ0n) is 17.5. The van der Waals surface area contributed by atoms with Gasteiger partial charge in [-0.3, -0.25) is 9.59 Å². The number of nitrogens with two attached hydrogens (primary N) is 2. The number of benzene rings is 1. The third kappa shape index (κ3) is 3.88. The first-order valence-corrected chi connectivity index (χ1v) is 9.88. The lowest BCUT2D eigenvalue weighted by molar-refractivity contribution is 0.1000. The van der Waals surface area contributed by atoms with E-state index in [0.717, 1.165) is 18.2 Å². The van der Waals surface area contributed by atoms with Crippen LogP contribution in [0.2, 0.25) is 0 Å². The van der Waals surface area contributed by atoms with Crippen LogP contribution in [-0.4, -0.2) is 20.1 Å². The molecule has 7 nitrogen and oxygen atoms in total. The van der Waals surface area contributed by atoms with Gasteiger partial charge in [-0.05, 0) is 42.5 Å². The zero-order chi connectivity index (χ0) is 23.8. The van der Waals surface area contributed by atoms with Gasteiger partial charge >= 0.3 is 0 Å². The summed E-state index contributed by atoms with van der Waals surface area (Å²) in [5, 5.41) is 4.11. The van der Waals surface area contributed by atoms with Gasteiger partial charge in [-0.25, -0.2) is 13.3 Å². The van der Waals surface area contributed by atoms with Crippen LogP contribution in [-0.2, 0) is 12.6 Å². The van der Waals surface area contributed by atoms with Crippen molar-refractivity contribution in [2.45, 2.75) is 12.0 Å². The number of nitrogens with zero attached hydrogens (tertiary/aromatic N) is 3. The van der Waals surface area contributed by atoms with E-state index in [0.29, 0.717) is 11.1 Å². The fourth-order valence-electron chi connectivity index (χ4n) is 3.72. The van der Waals surface area contributed by atoms with Crippen LogP contribution in [0.25, 0.3) is 5.52 Å². The fraction of sp³-hybridized carbons (Fsp3) is 0.125. The molecule has 33 heavy (non-hydrogen) atoms. The van der Waals surface area contributed by atoms with Gasteiger partial charge in [0.05, 0.1) is 28.4 Å². The van der Waals surface area contributed by atoms with Gasteiger partial charge in [-0.15, -0.1) is 0 Å². The minimum atomic E-state index is -1.77. The SMILES string of the molecule is Cn1cccc(C(N)(CC#Cc2c(C(N)=O)ccn3nccc23)c2cc(F)ccc2F)c1=O. The number of fused-ring (bicyclic) bond motifs is 1. The average molecular weight is 447 g/mol. The maximum absolute atomic E-state index is 14.8. The molecular formula is C24H19F2N5O2. The molecule has 0 aliphatic carbocycles. The number of primary amides is 1. The summed E-state index contributed by atoms with van der Waals surface area (Å²) in [6, 6.07) is 9.06. The highest BCUT2D eigenvalue weighted by atomic mass is 19.1. The van der Waals surface area contributed by atoms with E-state index in [1.807, 2.05) is 0 Å². The van der Waals surface area contributed by atoms with Crippen LogP contribution >= 0.6 is 0 Å². The summed E-state index contributed by atoms with van der Waals surface area (Å²) < 4.78 is 31.6. The molecule has 1 aromatic carbocycles. The van der Waals surface area contributed by atoms with Crippen LogP contribution in [0.5, 0.6) is 0 Å². The Morgan fingerprint density at radius 3 is 2.70 bits per heavy atom. The van der Waals surface area contributed by atoms with Crippen molar-refractivity contribution in [3.05, 3.63) is 105 Å². The number of pyridine rings is 2. The van der Waals surface area contributed by atoms with Crippen molar-refractivity contribution in [1.29, 1.82) is 0 Å². The maximum atomic E-state index is 14.8. The number of aromatic nitrogens is 3. The number of aryl methyl sites for hydroxylation is 1. The lowest BCUT2D eigenvalue weighted by Crippen LogP contribution is -2.44. The Morgan fingerprint density at radius 2 is 1.94 bits per heavy atom. The molecule has 4 N–H and O–H groups in total. The highest BCUT2D eigenvalue weighted by Crippen LogP contribution is 2.31. The third-order valence-electron chi connectivity index (χ3n) is 5.44. The monoisotopic (exact) mass is 447 g/mol. The van der Waals surface area contributed by atoms with E-state index in [4.69, 9.17) is 11.5 Å². The number of hydrogen-bond acceptors (Lipinski definition) is 4. The first-order chi connectivity index (χ1) is 15.7. The van der Waals surface area contributed by atoms with Gasteiger partial charge in [-0.1, -0.05) is 11.8 Å². The van der Waals surface area contributed by atoms with Crippen molar-refractivity contribution in [3.8, 4) is 11.8 Å². The van der Waals surface area contributed by atoms with Gasteiger partial charge in [0.25, 0.3) is 5.56 Å². The normalized spacial score (nSPS) is 12.7. The van der Waals surface area contributed by atoms with E-state index in [2.05, 4.69) is 16.9 Å². The summed E-state index contributed by atoms with van der Waals surface area (Å²) in [5.74, 6) is 3.55. The summed E-state index contributed by atoms with van der Waals surface area (Å²) in [4.78, 5) is 24.8. The highest BCUT2D eigenvalue weighted by Gasteiger charge is 2.35. The summed E-state index contributed by atoms with van der Waals surface area (Å²) in [5.41, 5.74) is 10.7. The number of rotatable bonds is 4. The summed E-state index contributed by atoms with van der Waals surface area (Å²) >= 11 is 0. The summed E-state index contributed by atoms with van der Waals surface area (Å²) in [7, 11) is 1.53. The molecule has 3 heterocycles. The topological polar surface area (TPSA) is 108 Å². The van der Waals surface area contributed by atoms with Crippen LogP contribution in [0.3, 0.4) is 0 Å². The van der Waals surface area contributed by atoms with Gasteiger partial charge in [-0.2, -0.15) is 5.10 Å². The number of carbonyl (C=O) groups is 1. The maximum Gasteiger partial charge on any atom is 0.255 e. The Balaban J connectivity index is 1.90. The molecule has 166 valence electrons. The molecule has 4 aromatic rings. The molecule has 0 spiro atoms. The lowest BCUT2D eigenvalue weighted by atomic mass is 9.81. The first-order valence-electron chi connectivity index (χ1n) is 9.88. The molecule has 0 fully saturated rings. The molecule has 0 radical (unpaired) electrons. The number of halogens is 2. The van der Waals surface area contributed by atoms with Crippen LogP contribution in [0.4, 0.5) is 8.78 Å². The largest absolute Gasteiger partial charge is 0.366 e. The van der Waals surface area contributed by atoms with Gasteiger partial charge in [0.2, 0.25) is 5.91 Å². The van der Waals surface area contributed by atoms with E-state index in [1.165, 1.54) is 40.7 Å². The minimum absolute atomic E-state index is 0.0454. The number of amides is 1. The van der Waals surface area contributed by atoms with Crippen molar-refractivity contribution in [3.63, 3.8) is 0 Å². The van der Waals surface area contributed by atoms with Crippen LogP contribution in [0, 0.1) is 23.5 Å².